The third-order valence-electron chi connectivity index (χ3n) is 2.59. The van der Waals surface area contributed by atoms with Gasteiger partial charge in [0.15, 0.2) is 0 Å². The van der Waals surface area contributed by atoms with E-state index in [4.69, 9.17) is 10.4 Å². The Bertz CT molecular complexity index is 751. The van der Waals surface area contributed by atoms with Crippen molar-refractivity contribution in [1.82, 2.24) is 4.98 Å². The van der Waals surface area contributed by atoms with Gasteiger partial charge in [0.05, 0.1) is 22.9 Å². The predicted molar refractivity (Wildman–Crippen MR) is 70.3 cm³/mol. The maximum atomic E-state index is 13.6. The van der Waals surface area contributed by atoms with Crippen LogP contribution < -0.4 is 5.32 Å². The van der Waals surface area contributed by atoms with E-state index in [2.05, 4.69) is 10.3 Å². The lowest BCUT2D eigenvalue weighted by molar-refractivity contribution is 0.0696. The van der Waals surface area contributed by atoms with Gasteiger partial charge in [-0.2, -0.15) is 5.26 Å². The van der Waals surface area contributed by atoms with E-state index in [1.54, 1.807) is 6.07 Å². The molecule has 0 spiro atoms. The fourth-order valence-electron chi connectivity index (χ4n) is 1.53. The molecule has 0 aliphatic rings. The minimum atomic E-state index is -1.16. The van der Waals surface area contributed by atoms with Crippen molar-refractivity contribution in [3.8, 4) is 6.07 Å². The molecule has 1 aromatic heterocycles. The third-order valence-corrected chi connectivity index (χ3v) is 2.59. The smallest absolute Gasteiger partial charge is 0.337 e. The van der Waals surface area contributed by atoms with Gasteiger partial charge in [0, 0.05) is 6.20 Å². The monoisotopic (exact) mass is 285 g/mol. The zero-order chi connectivity index (χ0) is 15.4. The van der Waals surface area contributed by atoms with Crippen LogP contribution in [0.25, 0.3) is 0 Å². The number of pyridine rings is 1. The highest BCUT2D eigenvalue weighted by molar-refractivity contribution is 6.03. The topological polar surface area (TPSA) is 103 Å². The first kappa shape index (κ1) is 14.1. The average molecular weight is 285 g/mol. The fourth-order valence-corrected chi connectivity index (χ4v) is 1.53. The Labute approximate surface area is 118 Å². The Morgan fingerprint density at radius 2 is 2.05 bits per heavy atom. The Balaban J connectivity index is 2.18. The van der Waals surface area contributed by atoms with Gasteiger partial charge in [0.25, 0.3) is 5.91 Å². The number of halogens is 1. The van der Waals surface area contributed by atoms with Crippen LogP contribution in [0.1, 0.15) is 26.4 Å². The summed E-state index contributed by atoms with van der Waals surface area (Å²) >= 11 is 0. The first-order valence-corrected chi connectivity index (χ1v) is 5.71. The molecule has 1 aromatic carbocycles. The molecule has 104 valence electrons. The molecule has 0 aliphatic carbocycles. The number of carbonyl (C=O) groups excluding carboxylic acids is 1. The number of rotatable bonds is 3. The van der Waals surface area contributed by atoms with E-state index in [0.717, 1.165) is 12.3 Å². The van der Waals surface area contributed by atoms with Crippen LogP contribution in [0, 0.1) is 17.1 Å². The summed E-state index contributed by atoms with van der Waals surface area (Å²) < 4.78 is 13.6. The van der Waals surface area contributed by atoms with E-state index in [9.17, 15) is 14.0 Å². The highest BCUT2D eigenvalue weighted by atomic mass is 19.1. The van der Waals surface area contributed by atoms with Crippen molar-refractivity contribution in [2.75, 3.05) is 5.32 Å². The third kappa shape index (κ3) is 3.19. The summed E-state index contributed by atoms with van der Waals surface area (Å²) in [6.07, 6.45) is 1.03. The van der Waals surface area contributed by atoms with Crippen molar-refractivity contribution in [3.63, 3.8) is 0 Å². The summed E-state index contributed by atoms with van der Waals surface area (Å²) in [6.45, 7) is 0. The largest absolute Gasteiger partial charge is 0.478 e. The van der Waals surface area contributed by atoms with Crippen molar-refractivity contribution in [2.45, 2.75) is 0 Å². The molecule has 0 fully saturated rings. The number of nitriles is 1. The van der Waals surface area contributed by atoms with Crippen molar-refractivity contribution in [2.24, 2.45) is 0 Å². The number of hydrogen-bond acceptors (Lipinski definition) is 4. The second-order valence-corrected chi connectivity index (χ2v) is 4.00. The molecule has 0 saturated heterocycles. The average Bonchev–Trinajstić information content (AvgIpc) is 2.49. The molecule has 0 saturated carbocycles. The quantitative estimate of drug-likeness (QED) is 0.898. The molecule has 1 amide bonds. The molecule has 0 radical (unpaired) electrons. The molecule has 2 N–H and O–H groups in total. The van der Waals surface area contributed by atoms with Gasteiger partial charge in [0.1, 0.15) is 11.5 Å². The number of nitrogens with zero attached hydrogens (tertiary/aromatic N) is 2. The molecule has 0 bridgehead atoms. The van der Waals surface area contributed by atoms with Gasteiger partial charge in [0.2, 0.25) is 0 Å². The summed E-state index contributed by atoms with van der Waals surface area (Å²) in [4.78, 5) is 26.2. The number of aromatic nitrogens is 1. The second kappa shape index (κ2) is 5.79. The zero-order valence-electron chi connectivity index (χ0n) is 10.5. The number of carboxylic acid groups (broad SMARTS) is 1. The maximum absolute atomic E-state index is 13.6. The lowest BCUT2D eigenvalue weighted by Crippen LogP contribution is -2.15. The lowest BCUT2D eigenvalue weighted by atomic mass is 10.2. The van der Waals surface area contributed by atoms with Crippen molar-refractivity contribution < 1.29 is 19.1 Å². The Hall–Kier alpha value is -3.27. The predicted octanol–water partition coefficient (Wildman–Crippen LogP) is 2.04. The molecule has 21 heavy (non-hydrogen) atoms. The van der Waals surface area contributed by atoms with E-state index in [1.807, 2.05) is 0 Å². The number of nitrogens with one attached hydrogen (secondary N) is 1. The van der Waals surface area contributed by atoms with Crippen LogP contribution in [-0.4, -0.2) is 22.0 Å². The molecule has 7 heteroatoms. The van der Waals surface area contributed by atoms with E-state index in [1.165, 1.54) is 24.3 Å². The van der Waals surface area contributed by atoms with Crippen LogP contribution in [-0.2, 0) is 0 Å². The van der Waals surface area contributed by atoms with E-state index in [-0.39, 0.29) is 22.5 Å². The summed E-state index contributed by atoms with van der Waals surface area (Å²) in [6, 6.07) is 7.84. The first-order chi connectivity index (χ1) is 10.0. The Morgan fingerprint density at radius 1 is 1.29 bits per heavy atom. The first-order valence-electron chi connectivity index (χ1n) is 5.71. The molecule has 0 atom stereocenters. The maximum Gasteiger partial charge on any atom is 0.337 e. The molecular weight excluding hydrogens is 277 g/mol. The fraction of sp³-hybridized carbons (Fsp3) is 0. The van der Waals surface area contributed by atoms with Crippen LogP contribution in [0.4, 0.5) is 10.1 Å². The standard InChI is InChI=1S/C14H8FN3O3/c15-10-5-8(6-16)1-3-11(10)18-13(19)12-4-2-9(7-17-12)14(20)21/h1-5,7H,(H,18,19)(H,20,21). The minimum Gasteiger partial charge on any atom is -0.478 e. The van der Waals surface area contributed by atoms with Gasteiger partial charge in [-0.05, 0) is 30.3 Å². The Kier molecular flexibility index (Phi) is 3.90. The number of carboxylic acids is 1. The van der Waals surface area contributed by atoms with Gasteiger partial charge < -0.3 is 10.4 Å². The highest BCUT2D eigenvalue weighted by Crippen LogP contribution is 2.16. The number of benzene rings is 1. The van der Waals surface area contributed by atoms with Gasteiger partial charge in [-0.15, -0.1) is 0 Å². The van der Waals surface area contributed by atoms with Crippen LogP contribution in [0.2, 0.25) is 0 Å². The molecule has 6 nitrogen and oxygen atoms in total. The van der Waals surface area contributed by atoms with E-state index < -0.39 is 17.7 Å². The van der Waals surface area contributed by atoms with Crippen LogP contribution in [0.5, 0.6) is 0 Å². The second-order valence-electron chi connectivity index (χ2n) is 4.00. The van der Waals surface area contributed by atoms with Crippen LogP contribution in [0.3, 0.4) is 0 Å². The van der Waals surface area contributed by atoms with Crippen LogP contribution >= 0.6 is 0 Å². The zero-order valence-corrected chi connectivity index (χ0v) is 10.5. The minimum absolute atomic E-state index is 0.0521. The summed E-state index contributed by atoms with van der Waals surface area (Å²) in [5, 5.41) is 19.6. The molecule has 1 heterocycles. The van der Waals surface area contributed by atoms with Gasteiger partial charge in [-0.1, -0.05) is 0 Å². The van der Waals surface area contributed by atoms with Crippen molar-refractivity contribution in [3.05, 3.63) is 59.2 Å². The highest BCUT2D eigenvalue weighted by Gasteiger charge is 2.12. The normalized spacial score (nSPS) is 9.71. The number of aromatic carboxylic acids is 1. The molecule has 2 aromatic rings. The van der Waals surface area contributed by atoms with Gasteiger partial charge >= 0.3 is 5.97 Å². The van der Waals surface area contributed by atoms with Crippen molar-refractivity contribution >= 4 is 17.6 Å². The van der Waals surface area contributed by atoms with E-state index >= 15 is 0 Å². The number of carbonyl (C=O) groups is 2. The number of amides is 1. The SMILES string of the molecule is N#Cc1ccc(NC(=O)c2ccc(C(=O)O)cn2)c(F)c1. The molecule has 2 rings (SSSR count). The van der Waals surface area contributed by atoms with Gasteiger partial charge in [-0.25, -0.2) is 9.18 Å². The molecule has 0 aliphatic heterocycles. The number of hydrogen-bond donors (Lipinski definition) is 2. The lowest BCUT2D eigenvalue weighted by Gasteiger charge is -2.06. The summed E-state index contributed by atoms with van der Waals surface area (Å²) in [5.41, 5.74) is -0.0718. The van der Waals surface area contributed by atoms with Crippen LogP contribution in [0.15, 0.2) is 36.5 Å². The summed E-state index contributed by atoms with van der Waals surface area (Å²) in [5.74, 6) is -2.59. The Morgan fingerprint density at radius 3 is 2.57 bits per heavy atom. The summed E-state index contributed by atoms with van der Waals surface area (Å²) in [7, 11) is 0. The van der Waals surface area contributed by atoms with E-state index in [0.29, 0.717) is 0 Å². The van der Waals surface area contributed by atoms with Gasteiger partial charge in [-0.3, -0.25) is 9.78 Å². The molecular formula is C14H8FN3O3. The van der Waals surface area contributed by atoms with Crippen molar-refractivity contribution in [1.29, 1.82) is 5.26 Å². The molecule has 0 unspecified atom stereocenters. The number of anilines is 1.